The number of carbonyl (C=O) groups excluding carboxylic acids is 1. The van der Waals surface area contributed by atoms with E-state index in [0.29, 0.717) is 51.9 Å². The van der Waals surface area contributed by atoms with E-state index in [4.69, 9.17) is 0 Å². The summed E-state index contributed by atoms with van der Waals surface area (Å²) in [6.07, 6.45) is -2.35. The van der Waals surface area contributed by atoms with Gasteiger partial charge in [0.25, 0.3) is 0 Å². The Hall–Kier alpha value is -3.03. The highest BCUT2D eigenvalue weighted by atomic mass is 19.4. The predicted octanol–water partition coefficient (Wildman–Crippen LogP) is 4.57. The Balaban J connectivity index is 1.34. The molecule has 4 rings (SSSR count). The summed E-state index contributed by atoms with van der Waals surface area (Å²) in [5, 5.41) is 9.94. The van der Waals surface area contributed by atoms with Crippen molar-refractivity contribution in [3.63, 3.8) is 0 Å². The van der Waals surface area contributed by atoms with Crippen molar-refractivity contribution in [2.24, 2.45) is 5.92 Å². The number of piperidine rings is 2. The van der Waals surface area contributed by atoms with Crippen molar-refractivity contribution >= 4 is 17.6 Å². The molecule has 2 aliphatic rings. The first-order valence-electron chi connectivity index (χ1n) is 11.2. The van der Waals surface area contributed by atoms with Gasteiger partial charge in [-0.05, 0) is 55.5 Å². The first kappa shape index (κ1) is 23.1. The summed E-state index contributed by atoms with van der Waals surface area (Å²) in [5.74, 6) is -0.954. The summed E-state index contributed by atoms with van der Waals surface area (Å²) in [4.78, 5) is 29.0. The molecule has 5 nitrogen and oxygen atoms in total. The van der Waals surface area contributed by atoms with E-state index in [-0.39, 0.29) is 11.8 Å². The number of benzene rings is 2. The summed E-state index contributed by atoms with van der Waals surface area (Å²) in [6, 6.07) is 14.3. The maximum Gasteiger partial charge on any atom is 0.416 e. The van der Waals surface area contributed by atoms with E-state index in [1.807, 2.05) is 35.2 Å². The molecule has 1 amide bonds. The van der Waals surface area contributed by atoms with Crippen LogP contribution in [0.15, 0.2) is 54.6 Å². The zero-order valence-corrected chi connectivity index (χ0v) is 18.2. The molecule has 8 heteroatoms. The molecule has 0 saturated carbocycles. The smallest absolute Gasteiger partial charge is 0.416 e. The van der Waals surface area contributed by atoms with E-state index < -0.39 is 23.1 Å². The number of halogens is 3. The number of nitrogens with zero attached hydrogens (tertiary/aromatic N) is 2. The number of amides is 1. The second-order valence-corrected chi connectivity index (χ2v) is 8.88. The van der Waals surface area contributed by atoms with Gasteiger partial charge in [-0.3, -0.25) is 9.59 Å². The number of aliphatic carboxylic acids is 1. The fourth-order valence-corrected chi connectivity index (χ4v) is 5.00. The minimum absolute atomic E-state index is 0.0501. The van der Waals surface area contributed by atoms with E-state index >= 15 is 0 Å². The van der Waals surface area contributed by atoms with Gasteiger partial charge >= 0.3 is 12.1 Å². The zero-order valence-electron chi connectivity index (χ0n) is 18.2. The van der Waals surface area contributed by atoms with Crippen LogP contribution in [-0.4, -0.2) is 48.1 Å². The number of rotatable bonds is 4. The fraction of sp³-hybridized carbons (Fsp3) is 0.440. The highest BCUT2D eigenvalue weighted by Gasteiger charge is 2.44. The van der Waals surface area contributed by atoms with Gasteiger partial charge in [0, 0.05) is 37.8 Å². The largest absolute Gasteiger partial charge is 0.481 e. The number of carboxylic acids is 1. The van der Waals surface area contributed by atoms with Crippen molar-refractivity contribution in [2.45, 2.75) is 37.3 Å². The van der Waals surface area contributed by atoms with Crippen LogP contribution in [0.4, 0.5) is 18.9 Å². The molecule has 0 radical (unpaired) electrons. The van der Waals surface area contributed by atoms with E-state index in [2.05, 4.69) is 0 Å². The second kappa shape index (κ2) is 9.08. The monoisotopic (exact) mass is 460 g/mol. The molecule has 2 aromatic carbocycles. The molecule has 2 fully saturated rings. The Morgan fingerprint density at radius 1 is 0.879 bits per heavy atom. The lowest BCUT2D eigenvalue weighted by atomic mass is 9.72. The Morgan fingerprint density at radius 2 is 1.45 bits per heavy atom. The Morgan fingerprint density at radius 3 is 1.97 bits per heavy atom. The molecule has 0 bridgehead atoms. The van der Waals surface area contributed by atoms with Gasteiger partial charge < -0.3 is 14.9 Å². The molecular weight excluding hydrogens is 433 g/mol. The maximum atomic E-state index is 13.1. The predicted molar refractivity (Wildman–Crippen MR) is 118 cm³/mol. The zero-order chi connectivity index (χ0) is 23.6. The molecule has 0 aliphatic carbocycles. The Bertz CT molecular complexity index is 976. The third-order valence-corrected chi connectivity index (χ3v) is 7.07. The van der Waals surface area contributed by atoms with Gasteiger partial charge in [-0.15, -0.1) is 0 Å². The number of anilines is 1. The van der Waals surface area contributed by atoms with Gasteiger partial charge in [-0.25, -0.2) is 0 Å². The average Bonchev–Trinajstić information content (AvgIpc) is 2.84. The number of alkyl halides is 3. The molecule has 33 heavy (non-hydrogen) atoms. The molecule has 2 aromatic rings. The molecule has 2 aliphatic heterocycles. The molecule has 2 saturated heterocycles. The average molecular weight is 460 g/mol. The van der Waals surface area contributed by atoms with Gasteiger partial charge in [0.05, 0.1) is 11.0 Å². The fourth-order valence-electron chi connectivity index (χ4n) is 5.00. The van der Waals surface area contributed by atoms with Crippen molar-refractivity contribution < 1.29 is 27.9 Å². The van der Waals surface area contributed by atoms with Crippen LogP contribution in [0, 0.1) is 5.92 Å². The normalized spacial score (nSPS) is 19.4. The Kier molecular flexibility index (Phi) is 6.36. The van der Waals surface area contributed by atoms with Gasteiger partial charge in [-0.2, -0.15) is 13.2 Å². The molecule has 0 aromatic heterocycles. The van der Waals surface area contributed by atoms with Crippen LogP contribution in [0.25, 0.3) is 0 Å². The van der Waals surface area contributed by atoms with Crippen molar-refractivity contribution in [1.82, 2.24) is 4.90 Å². The van der Waals surface area contributed by atoms with Gasteiger partial charge in [0.15, 0.2) is 0 Å². The lowest BCUT2D eigenvalue weighted by Crippen LogP contribution is -2.51. The van der Waals surface area contributed by atoms with Gasteiger partial charge in [-0.1, -0.05) is 30.3 Å². The molecular formula is C25H27F3N2O3. The van der Waals surface area contributed by atoms with Gasteiger partial charge in [0.1, 0.15) is 0 Å². The maximum absolute atomic E-state index is 13.1. The number of likely N-dealkylation sites (tertiary alicyclic amines) is 1. The van der Waals surface area contributed by atoms with Crippen molar-refractivity contribution in [3.05, 3.63) is 65.7 Å². The summed E-state index contributed by atoms with van der Waals surface area (Å²) in [6.45, 7) is 2.00. The van der Waals surface area contributed by atoms with E-state index in [1.165, 1.54) is 12.1 Å². The molecule has 0 atom stereocenters. The van der Waals surface area contributed by atoms with E-state index in [0.717, 1.165) is 23.4 Å². The van der Waals surface area contributed by atoms with Crippen LogP contribution in [-0.2, 0) is 21.2 Å². The number of hydrogen-bond donors (Lipinski definition) is 1. The number of carbonyl (C=O) groups is 2. The summed E-state index contributed by atoms with van der Waals surface area (Å²) in [7, 11) is 0. The topological polar surface area (TPSA) is 60.9 Å². The van der Waals surface area contributed by atoms with Crippen LogP contribution < -0.4 is 4.90 Å². The van der Waals surface area contributed by atoms with Crippen LogP contribution in [0.1, 0.15) is 36.8 Å². The molecule has 0 unspecified atom stereocenters. The second-order valence-electron chi connectivity index (χ2n) is 8.88. The summed E-state index contributed by atoms with van der Waals surface area (Å²) < 4.78 is 38.3. The first-order valence-corrected chi connectivity index (χ1v) is 11.2. The highest BCUT2D eigenvalue weighted by Crippen LogP contribution is 2.37. The van der Waals surface area contributed by atoms with Crippen LogP contribution in [0.3, 0.4) is 0 Å². The van der Waals surface area contributed by atoms with Crippen molar-refractivity contribution in [3.8, 4) is 0 Å². The van der Waals surface area contributed by atoms with Gasteiger partial charge in [0.2, 0.25) is 5.91 Å². The minimum atomic E-state index is -4.36. The quantitative estimate of drug-likeness (QED) is 0.727. The first-order chi connectivity index (χ1) is 15.7. The lowest BCUT2D eigenvalue weighted by molar-refractivity contribution is -0.149. The summed E-state index contributed by atoms with van der Waals surface area (Å²) >= 11 is 0. The standard InChI is InChI=1S/C25H27F3N2O3/c26-25(27,28)20-6-8-21(9-7-20)29-14-10-18(11-15-29)22(31)30-16-12-24(13-17-30,23(32)33)19-4-2-1-3-5-19/h1-9,18H,10-17H2,(H,32,33). The van der Waals surface area contributed by atoms with Crippen LogP contribution >= 0.6 is 0 Å². The van der Waals surface area contributed by atoms with E-state index in [1.54, 1.807) is 4.90 Å². The van der Waals surface area contributed by atoms with E-state index in [9.17, 15) is 27.9 Å². The molecule has 1 N–H and O–H groups in total. The summed E-state index contributed by atoms with van der Waals surface area (Å²) in [5.41, 5.74) is -0.144. The molecule has 2 heterocycles. The third-order valence-electron chi connectivity index (χ3n) is 7.07. The highest BCUT2D eigenvalue weighted by molar-refractivity contribution is 5.83. The third kappa shape index (κ3) is 4.70. The van der Waals surface area contributed by atoms with Crippen LogP contribution in [0.2, 0.25) is 0 Å². The van der Waals surface area contributed by atoms with Crippen molar-refractivity contribution in [1.29, 1.82) is 0 Å². The Labute approximate surface area is 190 Å². The molecule has 0 spiro atoms. The van der Waals surface area contributed by atoms with Crippen molar-refractivity contribution in [2.75, 3.05) is 31.1 Å². The SMILES string of the molecule is O=C(C1CCN(c2ccc(C(F)(F)F)cc2)CC1)N1CCC(C(=O)O)(c2ccccc2)CC1. The number of hydrogen-bond acceptors (Lipinski definition) is 3. The number of carboxylic acid groups (broad SMARTS) is 1. The lowest BCUT2D eigenvalue weighted by Gasteiger charge is -2.41. The van der Waals surface area contributed by atoms with Crippen LogP contribution in [0.5, 0.6) is 0 Å². The molecule has 176 valence electrons. The minimum Gasteiger partial charge on any atom is -0.481 e.